The Bertz CT molecular complexity index is 307. The lowest BCUT2D eigenvalue weighted by molar-refractivity contribution is 0.323. The molecule has 0 fully saturated rings. The molecule has 1 heterocycles. The molecule has 0 aromatic carbocycles. The molecule has 84 valence electrons. The van der Waals surface area contributed by atoms with Gasteiger partial charge in [0.15, 0.2) is 5.16 Å². The molecule has 2 N–H and O–H groups in total. The first-order valence-corrected chi connectivity index (χ1v) is 6.15. The molecule has 0 spiro atoms. The standard InChI is InChI=1S/C10H17N3OS/c1-3-5-6-15-10-12-8(11)7-9(13-10)14-4-2/h7H,3-6H2,1-2H3,(H2,11,12,13). The second-order valence-corrected chi connectivity index (χ2v) is 4.11. The summed E-state index contributed by atoms with van der Waals surface area (Å²) < 4.78 is 5.29. The van der Waals surface area contributed by atoms with Gasteiger partial charge in [0.25, 0.3) is 0 Å². The lowest BCUT2D eigenvalue weighted by Crippen LogP contribution is -2.00. The highest BCUT2D eigenvalue weighted by Crippen LogP contribution is 2.19. The molecule has 0 aliphatic rings. The van der Waals surface area contributed by atoms with Crippen LogP contribution < -0.4 is 10.5 Å². The lowest BCUT2D eigenvalue weighted by atomic mass is 10.4. The number of thioether (sulfide) groups is 1. The molecule has 0 aliphatic carbocycles. The molecule has 1 rings (SSSR count). The lowest BCUT2D eigenvalue weighted by Gasteiger charge is -2.05. The largest absolute Gasteiger partial charge is 0.478 e. The topological polar surface area (TPSA) is 61.0 Å². The van der Waals surface area contributed by atoms with E-state index < -0.39 is 0 Å². The third-order valence-corrected chi connectivity index (χ3v) is 2.66. The monoisotopic (exact) mass is 227 g/mol. The molecule has 0 saturated heterocycles. The van der Waals surface area contributed by atoms with Crippen molar-refractivity contribution in [2.24, 2.45) is 0 Å². The molecule has 4 nitrogen and oxygen atoms in total. The Morgan fingerprint density at radius 3 is 2.87 bits per heavy atom. The molecule has 1 aromatic rings. The fourth-order valence-electron chi connectivity index (χ4n) is 1.01. The number of nitrogens with two attached hydrogens (primary N) is 1. The quantitative estimate of drug-likeness (QED) is 0.459. The number of nitrogens with zero attached hydrogens (tertiary/aromatic N) is 2. The second kappa shape index (κ2) is 6.50. The predicted octanol–water partition coefficient (Wildman–Crippen LogP) is 2.35. The van der Waals surface area contributed by atoms with Gasteiger partial charge >= 0.3 is 0 Å². The summed E-state index contributed by atoms with van der Waals surface area (Å²) in [4.78, 5) is 8.38. The molecular weight excluding hydrogens is 210 g/mol. The second-order valence-electron chi connectivity index (χ2n) is 3.05. The van der Waals surface area contributed by atoms with Gasteiger partial charge in [-0.25, -0.2) is 4.98 Å². The fourth-order valence-corrected chi connectivity index (χ4v) is 1.95. The predicted molar refractivity (Wildman–Crippen MR) is 63.2 cm³/mol. The average Bonchev–Trinajstić information content (AvgIpc) is 2.18. The minimum atomic E-state index is 0.465. The van der Waals surface area contributed by atoms with E-state index in [2.05, 4.69) is 16.9 Å². The van der Waals surface area contributed by atoms with Crippen LogP contribution in [0.5, 0.6) is 5.88 Å². The van der Waals surface area contributed by atoms with E-state index in [1.807, 2.05) is 6.92 Å². The van der Waals surface area contributed by atoms with Crippen LogP contribution in [0.25, 0.3) is 0 Å². The molecular formula is C10H17N3OS. The highest BCUT2D eigenvalue weighted by Gasteiger charge is 2.03. The number of aromatic nitrogens is 2. The van der Waals surface area contributed by atoms with Gasteiger partial charge in [0, 0.05) is 11.8 Å². The minimum Gasteiger partial charge on any atom is -0.478 e. The highest BCUT2D eigenvalue weighted by atomic mass is 32.2. The smallest absolute Gasteiger partial charge is 0.219 e. The Kier molecular flexibility index (Phi) is 5.25. The van der Waals surface area contributed by atoms with Gasteiger partial charge in [-0.15, -0.1) is 0 Å². The van der Waals surface area contributed by atoms with Crippen molar-refractivity contribution in [3.8, 4) is 5.88 Å². The Hall–Kier alpha value is -0.970. The maximum atomic E-state index is 5.65. The molecule has 0 aliphatic heterocycles. The van der Waals surface area contributed by atoms with Crippen molar-refractivity contribution < 1.29 is 4.74 Å². The van der Waals surface area contributed by atoms with E-state index in [1.165, 1.54) is 6.42 Å². The number of unbranched alkanes of at least 4 members (excludes halogenated alkanes) is 1. The van der Waals surface area contributed by atoms with Gasteiger partial charge in [0.1, 0.15) is 5.82 Å². The number of hydrogen-bond donors (Lipinski definition) is 1. The van der Waals surface area contributed by atoms with Crippen LogP contribution >= 0.6 is 11.8 Å². The van der Waals surface area contributed by atoms with Crippen LogP contribution in [-0.2, 0) is 0 Å². The van der Waals surface area contributed by atoms with Gasteiger partial charge in [0.2, 0.25) is 5.88 Å². The zero-order valence-electron chi connectivity index (χ0n) is 9.19. The summed E-state index contributed by atoms with van der Waals surface area (Å²) in [5.74, 6) is 2.04. The number of hydrogen-bond acceptors (Lipinski definition) is 5. The van der Waals surface area contributed by atoms with E-state index in [1.54, 1.807) is 17.8 Å². The minimum absolute atomic E-state index is 0.465. The molecule has 0 amide bonds. The van der Waals surface area contributed by atoms with Crippen LogP contribution in [0.1, 0.15) is 26.7 Å². The van der Waals surface area contributed by atoms with Crippen molar-refractivity contribution in [3.63, 3.8) is 0 Å². The summed E-state index contributed by atoms with van der Waals surface area (Å²) in [7, 11) is 0. The summed E-state index contributed by atoms with van der Waals surface area (Å²) in [6.45, 7) is 4.67. The zero-order valence-corrected chi connectivity index (χ0v) is 10.0. The molecule has 0 unspecified atom stereocenters. The van der Waals surface area contributed by atoms with E-state index in [9.17, 15) is 0 Å². The third kappa shape index (κ3) is 4.38. The van der Waals surface area contributed by atoms with Gasteiger partial charge in [-0.05, 0) is 13.3 Å². The van der Waals surface area contributed by atoms with Crippen LogP contribution in [0.15, 0.2) is 11.2 Å². The van der Waals surface area contributed by atoms with Gasteiger partial charge < -0.3 is 10.5 Å². The van der Waals surface area contributed by atoms with Crippen molar-refractivity contribution >= 4 is 17.6 Å². The third-order valence-electron chi connectivity index (χ3n) is 1.72. The first-order valence-electron chi connectivity index (χ1n) is 5.16. The molecule has 0 bridgehead atoms. The van der Waals surface area contributed by atoms with Crippen LogP contribution in [0.2, 0.25) is 0 Å². The fraction of sp³-hybridized carbons (Fsp3) is 0.600. The van der Waals surface area contributed by atoms with E-state index in [0.29, 0.717) is 23.5 Å². The summed E-state index contributed by atoms with van der Waals surface area (Å²) >= 11 is 1.62. The molecule has 5 heteroatoms. The summed E-state index contributed by atoms with van der Waals surface area (Å²) in [6.07, 6.45) is 2.33. The molecule has 15 heavy (non-hydrogen) atoms. The van der Waals surface area contributed by atoms with E-state index in [-0.39, 0.29) is 0 Å². The van der Waals surface area contributed by atoms with Crippen molar-refractivity contribution in [3.05, 3.63) is 6.07 Å². The zero-order chi connectivity index (χ0) is 11.1. The van der Waals surface area contributed by atoms with Gasteiger partial charge in [-0.3, -0.25) is 0 Å². The van der Waals surface area contributed by atoms with E-state index in [0.717, 1.165) is 12.2 Å². The summed E-state index contributed by atoms with van der Waals surface area (Å²) in [5.41, 5.74) is 5.65. The molecule has 0 saturated carbocycles. The molecule has 1 aromatic heterocycles. The first-order chi connectivity index (χ1) is 7.26. The van der Waals surface area contributed by atoms with E-state index >= 15 is 0 Å². The highest BCUT2D eigenvalue weighted by molar-refractivity contribution is 7.99. The first kappa shape index (κ1) is 12.1. The number of anilines is 1. The summed E-state index contributed by atoms with van der Waals surface area (Å²) in [6, 6.07) is 1.65. The number of ether oxygens (including phenoxy) is 1. The number of rotatable bonds is 6. The Morgan fingerprint density at radius 2 is 2.20 bits per heavy atom. The maximum absolute atomic E-state index is 5.65. The Balaban J connectivity index is 2.62. The normalized spacial score (nSPS) is 10.3. The maximum Gasteiger partial charge on any atom is 0.219 e. The molecule has 0 atom stereocenters. The van der Waals surface area contributed by atoms with Crippen LogP contribution in [0, 0.1) is 0 Å². The van der Waals surface area contributed by atoms with Crippen molar-refractivity contribution in [1.82, 2.24) is 9.97 Å². The number of nitrogen functional groups attached to an aromatic ring is 1. The molecule has 0 radical (unpaired) electrons. The Morgan fingerprint density at radius 1 is 1.40 bits per heavy atom. The SMILES string of the molecule is CCCCSc1nc(N)cc(OCC)n1. The van der Waals surface area contributed by atoms with Gasteiger partial charge in [0.05, 0.1) is 6.61 Å². The van der Waals surface area contributed by atoms with Gasteiger partial charge in [-0.1, -0.05) is 25.1 Å². The van der Waals surface area contributed by atoms with Crippen LogP contribution in [-0.4, -0.2) is 22.3 Å². The Labute approximate surface area is 94.6 Å². The average molecular weight is 227 g/mol. The van der Waals surface area contributed by atoms with Crippen LogP contribution in [0.3, 0.4) is 0 Å². The van der Waals surface area contributed by atoms with E-state index in [4.69, 9.17) is 10.5 Å². The van der Waals surface area contributed by atoms with Crippen LogP contribution in [0.4, 0.5) is 5.82 Å². The van der Waals surface area contributed by atoms with Crippen molar-refractivity contribution in [2.75, 3.05) is 18.1 Å². The van der Waals surface area contributed by atoms with Crippen molar-refractivity contribution in [1.29, 1.82) is 0 Å². The summed E-state index contributed by atoms with van der Waals surface area (Å²) in [5, 5.41) is 0.701. The van der Waals surface area contributed by atoms with Crippen molar-refractivity contribution in [2.45, 2.75) is 31.8 Å². The van der Waals surface area contributed by atoms with Gasteiger partial charge in [-0.2, -0.15) is 4.98 Å².